The number of carbonyl (C=O) groups is 1. The molecule has 0 spiro atoms. The van der Waals surface area contributed by atoms with E-state index in [0.29, 0.717) is 55.2 Å². The van der Waals surface area contributed by atoms with E-state index in [1.807, 2.05) is 45.8 Å². The quantitative estimate of drug-likeness (QED) is 0.412. The average Bonchev–Trinajstić information content (AvgIpc) is 3.26. The number of morpholine rings is 1. The molecular weight excluding hydrogens is 480 g/mol. The molecule has 2 saturated heterocycles. The highest BCUT2D eigenvalue weighted by molar-refractivity contribution is 6.30. The Hall–Kier alpha value is -3.53. The third-order valence-electron chi connectivity index (χ3n) is 6.73. The van der Waals surface area contributed by atoms with Gasteiger partial charge in [0.05, 0.1) is 43.8 Å². The molecule has 5 heterocycles. The van der Waals surface area contributed by atoms with E-state index in [2.05, 4.69) is 14.9 Å². The summed E-state index contributed by atoms with van der Waals surface area (Å²) in [6.07, 6.45) is 3.73. The lowest BCUT2D eigenvalue weighted by Gasteiger charge is -2.49. The van der Waals surface area contributed by atoms with Gasteiger partial charge in [0.1, 0.15) is 5.69 Å². The molecule has 0 radical (unpaired) electrons. The third kappa shape index (κ3) is 4.19. The summed E-state index contributed by atoms with van der Waals surface area (Å²) in [7, 11) is 1.55. The van der Waals surface area contributed by atoms with Gasteiger partial charge in [0.2, 0.25) is 11.7 Å². The van der Waals surface area contributed by atoms with Crippen molar-refractivity contribution in [2.45, 2.75) is 18.6 Å². The molecule has 9 nitrogen and oxygen atoms in total. The van der Waals surface area contributed by atoms with Crippen molar-refractivity contribution >= 4 is 23.3 Å². The lowest BCUT2D eigenvalue weighted by atomic mass is 10.0. The Morgan fingerprint density at radius 3 is 2.61 bits per heavy atom. The van der Waals surface area contributed by atoms with Crippen LogP contribution in [-0.4, -0.2) is 80.6 Å². The van der Waals surface area contributed by atoms with Gasteiger partial charge in [-0.1, -0.05) is 29.8 Å². The number of rotatable bonds is 5. The van der Waals surface area contributed by atoms with E-state index >= 15 is 0 Å². The second kappa shape index (κ2) is 9.50. The molecule has 0 aliphatic carbocycles. The van der Waals surface area contributed by atoms with Crippen molar-refractivity contribution in [3.8, 4) is 17.1 Å². The van der Waals surface area contributed by atoms with Crippen molar-refractivity contribution < 1.29 is 14.3 Å². The van der Waals surface area contributed by atoms with Crippen LogP contribution in [-0.2, 0) is 11.3 Å². The summed E-state index contributed by atoms with van der Waals surface area (Å²) in [6.45, 7) is 3.00. The zero-order chi connectivity index (χ0) is 24.6. The van der Waals surface area contributed by atoms with Gasteiger partial charge in [-0.2, -0.15) is 0 Å². The zero-order valence-electron chi connectivity index (χ0n) is 19.7. The number of hydrogen-bond acceptors (Lipinski definition) is 7. The van der Waals surface area contributed by atoms with Crippen molar-refractivity contribution in [2.75, 3.05) is 33.4 Å². The molecule has 36 heavy (non-hydrogen) atoms. The number of hydrogen-bond donors (Lipinski definition) is 0. The predicted octanol–water partition coefficient (Wildman–Crippen LogP) is 3.18. The van der Waals surface area contributed by atoms with E-state index < -0.39 is 0 Å². The second-order valence-corrected chi connectivity index (χ2v) is 9.46. The minimum Gasteiger partial charge on any atom is -0.481 e. The Labute approximate surface area is 213 Å². The van der Waals surface area contributed by atoms with Gasteiger partial charge in [0.25, 0.3) is 5.91 Å². The van der Waals surface area contributed by atoms with E-state index in [1.54, 1.807) is 31.5 Å². The molecule has 2 fully saturated rings. The summed E-state index contributed by atoms with van der Waals surface area (Å²) in [4.78, 5) is 31.4. The Kier molecular flexibility index (Phi) is 6.04. The molecule has 2 bridgehead atoms. The van der Waals surface area contributed by atoms with Crippen LogP contribution in [0.4, 0.5) is 0 Å². The van der Waals surface area contributed by atoms with Crippen LogP contribution in [0, 0.1) is 0 Å². The largest absolute Gasteiger partial charge is 0.481 e. The van der Waals surface area contributed by atoms with E-state index in [1.165, 1.54) is 0 Å². The lowest BCUT2D eigenvalue weighted by Crippen LogP contribution is -2.66. The number of benzene rings is 1. The standard InChI is InChI=1S/C26H25ClN6O3/c1-35-23-5-2-4-21(29-23)25(34)33-19-12-31(13-20(33)16-36-15-19)14-22-24(17-6-8-18(27)9-7-17)30-26-28-10-3-11-32(22)26/h2-11,19-20H,12-16H2,1H3. The molecule has 4 aromatic rings. The van der Waals surface area contributed by atoms with Gasteiger partial charge in [0, 0.05) is 48.7 Å². The number of fused-ring (bicyclic) bond motifs is 3. The molecule has 2 unspecified atom stereocenters. The summed E-state index contributed by atoms with van der Waals surface area (Å²) in [6, 6.07) is 14.7. The van der Waals surface area contributed by atoms with E-state index in [-0.39, 0.29) is 18.0 Å². The number of piperazine rings is 1. The molecule has 10 heteroatoms. The smallest absolute Gasteiger partial charge is 0.273 e. The molecule has 1 aromatic carbocycles. The van der Waals surface area contributed by atoms with Crippen LogP contribution in [0.25, 0.3) is 17.0 Å². The number of halogens is 1. The summed E-state index contributed by atoms with van der Waals surface area (Å²) < 4.78 is 13.1. The first kappa shape index (κ1) is 22.9. The van der Waals surface area contributed by atoms with Crippen LogP contribution >= 0.6 is 11.6 Å². The van der Waals surface area contributed by atoms with Gasteiger partial charge < -0.3 is 14.4 Å². The minimum atomic E-state index is -0.0901. The van der Waals surface area contributed by atoms with Gasteiger partial charge in [-0.3, -0.25) is 14.1 Å². The Morgan fingerprint density at radius 1 is 1.08 bits per heavy atom. The fraction of sp³-hybridized carbons (Fsp3) is 0.308. The van der Waals surface area contributed by atoms with Crippen molar-refractivity contribution in [1.29, 1.82) is 0 Å². The number of pyridine rings is 1. The highest BCUT2D eigenvalue weighted by Crippen LogP contribution is 2.29. The lowest BCUT2D eigenvalue weighted by molar-refractivity contribution is -0.0818. The summed E-state index contributed by atoms with van der Waals surface area (Å²) in [5, 5.41) is 0.682. The van der Waals surface area contributed by atoms with Crippen LogP contribution in [0.1, 0.15) is 16.2 Å². The Morgan fingerprint density at radius 2 is 1.86 bits per heavy atom. The van der Waals surface area contributed by atoms with E-state index in [0.717, 1.165) is 17.0 Å². The molecule has 2 aliphatic heterocycles. The first-order valence-corrected chi connectivity index (χ1v) is 12.2. The van der Waals surface area contributed by atoms with Crippen LogP contribution < -0.4 is 4.74 Å². The molecule has 184 valence electrons. The van der Waals surface area contributed by atoms with E-state index in [4.69, 9.17) is 26.1 Å². The average molecular weight is 505 g/mol. The van der Waals surface area contributed by atoms with Gasteiger partial charge in [-0.15, -0.1) is 0 Å². The van der Waals surface area contributed by atoms with Crippen LogP contribution in [0.15, 0.2) is 60.9 Å². The maximum Gasteiger partial charge on any atom is 0.273 e. The first-order valence-electron chi connectivity index (χ1n) is 11.8. The minimum absolute atomic E-state index is 0.0747. The molecule has 0 N–H and O–H groups in total. The van der Waals surface area contributed by atoms with Crippen molar-refractivity contribution in [2.24, 2.45) is 0 Å². The highest BCUT2D eigenvalue weighted by Gasteiger charge is 2.42. The number of imidazole rings is 1. The number of carbonyl (C=O) groups excluding carboxylic acids is 1. The summed E-state index contributed by atoms with van der Waals surface area (Å²) >= 11 is 6.13. The number of amides is 1. The summed E-state index contributed by atoms with van der Waals surface area (Å²) in [5.41, 5.74) is 3.30. The van der Waals surface area contributed by atoms with Crippen molar-refractivity contribution in [1.82, 2.24) is 29.2 Å². The highest BCUT2D eigenvalue weighted by atomic mass is 35.5. The molecule has 0 saturated carbocycles. The topological polar surface area (TPSA) is 85.1 Å². The van der Waals surface area contributed by atoms with Gasteiger partial charge in [-0.25, -0.2) is 15.0 Å². The molecule has 2 atom stereocenters. The summed E-state index contributed by atoms with van der Waals surface area (Å²) in [5.74, 6) is 0.989. The fourth-order valence-corrected chi connectivity index (χ4v) is 5.25. The number of nitrogens with zero attached hydrogens (tertiary/aromatic N) is 6. The molecule has 6 rings (SSSR count). The Bertz CT molecular complexity index is 1390. The molecule has 1 amide bonds. The van der Waals surface area contributed by atoms with Gasteiger partial charge >= 0.3 is 0 Å². The van der Waals surface area contributed by atoms with Crippen molar-refractivity contribution in [3.05, 3.63) is 77.3 Å². The van der Waals surface area contributed by atoms with Crippen molar-refractivity contribution in [3.63, 3.8) is 0 Å². The second-order valence-electron chi connectivity index (χ2n) is 9.02. The third-order valence-corrected chi connectivity index (χ3v) is 6.98. The van der Waals surface area contributed by atoms with Crippen LogP contribution in [0.3, 0.4) is 0 Å². The SMILES string of the molecule is COc1cccc(C(=O)N2C3COCC2CN(Cc2c(-c4ccc(Cl)cc4)nc4ncccn24)C3)n1. The van der Waals surface area contributed by atoms with Gasteiger partial charge in [0.15, 0.2) is 0 Å². The maximum atomic E-state index is 13.4. The molecular formula is C26H25ClN6O3. The number of aromatic nitrogens is 4. The molecule has 2 aliphatic rings. The maximum absolute atomic E-state index is 13.4. The van der Waals surface area contributed by atoms with Crippen LogP contribution in [0.2, 0.25) is 5.02 Å². The number of ether oxygens (including phenoxy) is 2. The first-order chi connectivity index (χ1) is 17.6. The predicted molar refractivity (Wildman–Crippen MR) is 134 cm³/mol. The van der Waals surface area contributed by atoms with Crippen LogP contribution in [0.5, 0.6) is 5.88 Å². The normalized spacial score (nSPS) is 20.0. The zero-order valence-corrected chi connectivity index (χ0v) is 20.5. The van der Waals surface area contributed by atoms with E-state index in [9.17, 15) is 4.79 Å². The molecule has 3 aromatic heterocycles. The fourth-order valence-electron chi connectivity index (χ4n) is 5.13. The Balaban J connectivity index is 1.29. The number of methoxy groups -OCH3 is 1. The monoisotopic (exact) mass is 504 g/mol. The van der Waals surface area contributed by atoms with Gasteiger partial charge in [-0.05, 0) is 24.3 Å².